The van der Waals surface area contributed by atoms with Crippen LogP contribution in [0.2, 0.25) is 0 Å². The van der Waals surface area contributed by atoms with Gasteiger partial charge in [0.1, 0.15) is 6.33 Å². The van der Waals surface area contributed by atoms with E-state index < -0.39 is 0 Å². The largest absolute Gasteiger partial charge is 0.238 e. The van der Waals surface area contributed by atoms with E-state index in [1.807, 2.05) is 11.4 Å². The summed E-state index contributed by atoms with van der Waals surface area (Å²) in [6.07, 6.45) is 4.73. The van der Waals surface area contributed by atoms with E-state index in [9.17, 15) is 0 Å². The highest BCUT2D eigenvalue weighted by atomic mass is 15.2. The van der Waals surface area contributed by atoms with Gasteiger partial charge in [0.2, 0.25) is 0 Å². The van der Waals surface area contributed by atoms with Crippen LogP contribution in [0.15, 0.2) is 12.5 Å². The van der Waals surface area contributed by atoms with Crippen molar-refractivity contribution in [1.29, 1.82) is 0 Å². The third-order valence-electron chi connectivity index (χ3n) is 2.50. The first-order valence-electron chi connectivity index (χ1n) is 4.52. The van der Waals surface area contributed by atoms with E-state index in [1.54, 1.807) is 6.33 Å². The summed E-state index contributed by atoms with van der Waals surface area (Å²) in [6.45, 7) is 6.30. The predicted molar refractivity (Wildman–Crippen MR) is 51.8 cm³/mol. The smallest absolute Gasteiger partial charge is 0.136 e. The molecule has 3 heteroatoms. The fourth-order valence-electron chi connectivity index (χ4n) is 1.75. The van der Waals surface area contributed by atoms with Gasteiger partial charge in [-0.3, -0.25) is 0 Å². The van der Waals surface area contributed by atoms with Crippen LogP contribution in [0.5, 0.6) is 0 Å². The lowest BCUT2D eigenvalue weighted by molar-refractivity contribution is 0.882. The molecule has 0 aliphatic rings. The fourth-order valence-corrected chi connectivity index (χ4v) is 1.75. The maximum atomic E-state index is 4.18. The van der Waals surface area contributed by atoms with E-state index in [-0.39, 0.29) is 0 Å². The minimum atomic E-state index is 1.05. The van der Waals surface area contributed by atoms with Crippen LogP contribution in [0.25, 0.3) is 5.52 Å². The van der Waals surface area contributed by atoms with Crippen LogP contribution >= 0.6 is 0 Å². The van der Waals surface area contributed by atoms with Gasteiger partial charge >= 0.3 is 0 Å². The van der Waals surface area contributed by atoms with Crippen LogP contribution in [-0.4, -0.2) is 14.6 Å². The van der Waals surface area contributed by atoms with Crippen molar-refractivity contribution >= 4 is 5.52 Å². The second kappa shape index (κ2) is 2.83. The molecule has 2 aromatic rings. The van der Waals surface area contributed by atoms with E-state index in [0.717, 1.165) is 17.6 Å². The van der Waals surface area contributed by atoms with Gasteiger partial charge in [-0.2, -0.15) is 5.10 Å². The van der Waals surface area contributed by atoms with Crippen molar-refractivity contribution in [3.8, 4) is 0 Å². The van der Waals surface area contributed by atoms with Gasteiger partial charge in [0, 0.05) is 6.20 Å². The maximum absolute atomic E-state index is 4.18. The molecule has 2 rings (SSSR count). The van der Waals surface area contributed by atoms with Crippen LogP contribution < -0.4 is 0 Å². The number of aromatic nitrogens is 3. The normalized spacial score (nSPS) is 11.0. The van der Waals surface area contributed by atoms with Crippen molar-refractivity contribution < 1.29 is 0 Å². The molecule has 0 radical (unpaired) electrons. The molecule has 0 fully saturated rings. The first-order chi connectivity index (χ1) is 6.24. The third kappa shape index (κ3) is 1.11. The van der Waals surface area contributed by atoms with Gasteiger partial charge in [0.05, 0.1) is 11.2 Å². The Hall–Kier alpha value is -1.38. The first kappa shape index (κ1) is 8.23. The Morgan fingerprint density at radius 1 is 1.38 bits per heavy atom. The Morgan fingerprint density at radius 2 is 2.15 bits per heavy atom. The molecule has 0 spiro atoms. The molecule has 3 nitrogen and oxygen atoms in total. The minimum Gasteiger partial charge on any atom is -0.238 e. The zero-order valence-corrected chi connectivity index (χ0v) is 8.20. The molecule has 13 heavy (non-hydrogen) atoms. The number of hydrogen-bond donors (Lipinski definition) is 0. The van der Waals surface area contributed by atoms with Gasteiger partial charge < -0.3 is 0 Å². The summed E-state index contributed by atoms with van der Waals surface area (Å²) in [5.74, 6) is 0. The highest BCUT2D eigenvalue weighted by molar-refractivity contribution is 5.60. The van der Waals surface area contributed by atoms with E-state index in [4.69, 9.17) is 0 Å². The lowest BCUT2D eigenvalue weighted by atomic mass is 10.1. The molecule has 0 amide bonds. The summed E-state index contributed by atoms with van der Waals surface area (Å²) in [5.41, 5.74) is 4.86. The number of nitrogens with zero attached hydrogens (tertiary/aromatic N) is 3. The zero-order chi connectivity index (χ0) is 9.42. The molecule has 0 N–H and O–H groups in total. The quantitative estimate of drug-likeness (QED) is 0.662. The van der Waals surface area contributed by atoms with Crippen molar-refractivity contribution in [1.82, 2.24) is 14.6 Å². The molecule has 0 bridgehead atoms. The minimum absolute atomic E-state index is 1.05. The van der Waals surface area contributed by atoms with Crippen molar-refractivity contribution in [2.45, 2.75) is 27.2 Å². The SMILES string of the molecule is CCc1cn2ncnc(C)c2c1C. The Kier molecular flexibility index (Phi) is 1.79. The molecule has 68 valence electrons. The molecule has 0 aliphatic heterocycles. The van der Waals surface area contributed by atoms with Gasteiger partial charge in [-0.15, -0.1) is 0 Å². The van der Waals surface area contributed by atoms with E-state index in [1.165, 1.54) is 11.1 Å². The molecular weight excluding hydrogens is 162 g/mol. The molecule has 0 saturated heterocycles. The first-order valence-corrected chi connectivity index (χ1v) is 4.52. The highest BCUT2D eigenvalue weighted by Gasteiger charge is 2.07. The Labute approximate surface area is 77.4 Å². The molecule has 0 saturated carbocycles. The van der Waals surface area contributed by atoms with Gasteiger partial charge in [-0.1, -0.05) is 6.92 Å². The average molecular weight is 175 g/mol. The van der Waals surface area contributed by atoms with Crippen molar-refractivity contribution in [2.75, 3.05) is 0 Å². The molecule has 2 aromatic heterocycles. The Morgan fingerprint density at radius 3 is 2.77 bits per heavy atom. The fraction of sp³-hybridized carbons (Fsp3) is 0.400. The number of aryl methyl sites for hydroxylation is 3. The van der Waals surface area contributed by atoms with Crippen LogP contribution in [0.3, 0.4) is 0 Å². The van der Waals surface area contributed by atoms with E-state index >= 15 is 0 Å². The number of fused-ring (bicyclic) bond motifs is 1. The second-order valence-corrected chi connectivity index (χ2v) is 3.27. The van der Waals surface area contributed by atoms with Crippen LogP contribution in [0.1, 0.15) is 23.7 Å². The zero-order valence-electron chi connectivity index (χ0n) is 8.20. The van der Waals surface area contributed by atoms with Crippen LogP contribution in [0, 0.1) is 13.8 Å². The monoisotopic (exact) mass is 175 g/mol. The van der Waals surface area contributed by atoms with Gasteiger partial charge in [-0.05, 0) is 31.4 Å². The highest BCUT2D eigenvalue weighted by Crippen LogP contribution is 2.18. The van der Waals surface area contributed by atoms with Crippen LogP contribution in [0.4, 0.5) is 0 Å². The Bertz CT molecular complexity index is 443. The summed E-state index contributed by atoms with van der Waals surface area (Å²) < 4.78 is 1.91. The van der Waals surface area contributed by atoms with E-state index in [2.05, 4.69) is 30.1 Å². The molecule has 0 aliphatic carbocycles. The van der Waals surface area contributed by atoms with Gasteiger partial charge in [-0.25, -0.2) is 9.50 Å². The Balaban J connectivity index is 2.85. The number of rotatable bonds is 1. The van der Waals surface area contributed by atoms with Gasteiger partial charge in [0.25, 0.3) is 0 Å². The maximum Gasteiger partial charge on any atom is 0.136 e. The number of hydrogen-bond acceptors (Lipinski definition) is 2. The lowest BCUT2D eigenvalue weighted by Crippen LogP contribution is -1.94. The molecule has 2 heterocycles. The lowest BCUT2D eigenvalue weighted by Gasteiger charge is -1.97. The summed E-state index contributed by atoms with van der Waals surface area (Å²) in [5, 5.41) is 4.18. The van der Waals surface area contributed by atoms with Crippen molar-refractivity contribution in [2.24, 2.45) is 0 Å². The molecule has 0 unspecified atom stereocenters. The summed E-state index contributed by atoms with van der Waals surface area (Å²) in [7, 11) is 0. The molecule has 0 aromatic carbocycles. The predicted octanol–water partition coefficient (Wildman–Crippen LogP) is 1.91. The molecule has 0 atom stereocenters. The van der Waals surface area contributed by atoms with Crippen molar-refractivity contribution in [3.05, 3.63) is 29.3 Å². The summed E-state index contributed by atoms with van der Waals surface area (Å²) in [6, 6.07) is 0. The summed E-state index contributed by atoms with van der Waals surface area (Å²) in [4.78, 5) is 4.18. The molecular formula is C10H13N3. The van der Waals surface area contributed by atoms with Crippen molar-refractivity contribution in [3.63, 3.8) is 0 Å². The van der Waals surface area contributed by atoms with Gasteiger partial charge in [0.15, 0.2) is 0 Å². The topological polar surface area (TPSA) is 30.2 Å². The standard InChI is InChI=1S/C10H13N3/c1-4-9-5-13-10(7(9)2)8(3)11-6-12-13/h5-6H,4H2,1-3H3. The second-order valence-electron chi connectivity index (χ2n) is 3.27. The average Bonchev–Trinajstić information content (AvgIpc) is 2.44. The van der Waals surface area contributed by atoms with E-state index in [0.29, 0.717) is 0 Å². The van der Waals surface area contributed by atoms with Crippen LogP contribution in [-0.2, 0) is 6.42 Å². The third-order valence-corrected chi connectivity index (χ3v) is 2.50. The summed E-state index contributed by atoms with van der Waals surface area (Å²) >= 11 is 0.